The van der Waals surface area contributed by atoms with Gasteiger partial charge in [-0.2, -0.15) is 0 Å². The van der Waals surface area contributed by atoms with Gasteiger partial charge in [0, 0.05) is 30.2 Å². The van der Waals surface area contributed by atoms with E-state index in [1.807, 2.05) is 48.5 Å². The molecule has 4 rings (SSSR count). The maximum absolute atomic E-state index is 12.7. The van der Waals surface area contributed by atoms with Crippen LogP contribution in [0.25, 0.3) is 11.3 Å². The van der Waals surface area contributed by atoms with Gasteiger partial charge in [-0.25, -0.2) is 0 Å². The molecule has 1 saturated heterocycles. The van der Waals surface area contributed by atoms with E-state index in [1.165, 1.54) is 5.56 Å². The number of nitrogens with zero attached hydrogens (tertiary/aromatic N) is 3. The Morgan fingerprint density at radius 2 is 2.00 bits per heavy atom. The smallest absolute Gasteiger partial charge is 0.225 e. The first-order valence-corrected chi connectivity index (χ1v) is 10.6. The summed E-state index contributed by atoms with van der Waals surface area (Å²) < 4.78 is 0. The number of halogens is 1. The van der Waals surface area contributed by atoms with Crippen LogP contribution in [-0.4, -0.2) is 29.2 Å². The number of hydrogen-bond acceptors (Lipinski definition) is 4. The predicted molar refractivity (Wildman–Crippen MR) is 120 cm³/mol. The van der Waals surface area contributed by atoms with E-state index in [-0.39, 0.29) is 11.8 Å². The molecule has 0 radical (unpaired) electrons. The molecule has 1 aromatic heterocycles. The minimum atomic E-state index is -0.0699. The third-order valence-corrected chi connectivity index (χ3v) is 5.86. The van der Waals surface area contributed by atoms with E-state index in [0.717, 1.165) is 42.0 Å². The summed E-state index contributed by atoms with van der Waals surface area (Å²) in [5.41, 5.74) is 4.04. The van der Waals surface area contributed by atoms with E-state index in [4.69, 9.17) is 11.6 Å². The van der Waals surface area contributed by atoms with Crippen molar-refractivity contribution in [3.05, 3.63) is 76.8 Å². The Hall–Kier alpha value is -2.92. The molecular weight excluding hydrogens is 396 g/mol. The molecule has 3 aromatic rings. The second kappa shape index (κ2) is 9.26. The van der Waals surface area contributed by atoms with Crippen LogP contribution in [0.3, 0.4) is 0 Å². The monoisotopic (exact) mass is 420 g/mol. The van der Waals surface area contributed by atoms with Gasteiger partial charge in [0.25, 0.3) is 0 Å². The molecule has 1 N–H and O–H groups in total. The summed E-state index contributed by atoms with van der Waals surface area (Å²) in [6.07, 6.45) is 1.82. The highest BCUT2D eigenvalue weighted by atomic mass is 35.5. The molecule has 1 aliphatic rings. The van der Waals surface area contributed by atoms with Crippen molar-refractivity contribution in [1.82, 2.24) is 15.5 Å². The molecule has 2 heterocycles. The third-order valence-electron chi connectivity index (χ3n) is 5.49. The molecule has 1 fully saturated rings. The number of nitrogens with one attached hydrogen (secondary N) is 1. The summed E-state index contributed by atoms with van der Waals surface area (Å²) in [6, 6.07) is 19.8. The van der Waals surface area contributed by atoms with Crippen LogP contribution in [0, 0.1) is 12.8 Å². The fraction of sp³-hybridized carbons (Fsp3) is 0.292. The standard InChI is InChI=1S/C24H25ClN4O/c1-17-6-4-8-18(14-17)22-11-12-23(28-27-22)29-13-5-9-20(16-29)24(30)26-15-19-7-2-3-10-21(19)25/h2-4,6-8,10-12,14,20H,5,9,13,15-16H2,1H3,(H,26,30). The second-order valence-corrected chi connectivity index (χ2v) is 8.15. The van der Waals surface area contributed by atoms with Gasteiger partial charge in [-0.1, -0.05) is 53.6 Å². The third kappa shape index (κ3) is 4.79. The minimum absolute atomic E-state index is 0.0592. The lowest BCUT2D eigenvalue weighted by Gasteiger charge is -2.32. The van der Waals surface area contributed by atoms with Crippen LogP contribution in [0.5, 0.6) is 0 Å². The highest BCUT2D eigenvalue weighted by Crippen LogP contribution is 2.24. The van der Waals surface area contributed by atoms with E-state index in [0.29, 0.717) is 18.1 Å². The summed E-state index contributed by atoms with van der Waals surface area (Å²) >= 11 is 6.19. The van der Waals surface area contributed by atoms with E-state index >= 15 is 0 Å². The van der Waals surface area contributed by atoms with Crippen LogP contribution >= 0.6 is 11.6 Å². The molecule has 30 heavy (non-hydrogen) atoms. The van der Waals surface area contributed by atoms with E-state index in [9.17, 15) is 4.79 Å². The summed E-state index contributed by atoms with van der Waals surface area (Å²) in [4.78, 5) is 14.9. The maximum Gasteiger partial charge on any atom is 0.225 e. The summed E-state index contributed by atoms with van der Waals surface area (Å²) in [5, 5.41) is 12.6. The van der Waals surface area contributed by atoms with Gasteiger partial charge in [0.2, 0.25) is 5.91 Å². The lowest BCUT2D eigenvalue weighted by molar-refractivity contribution is -0.125. The Bertz CT molecular complexity index is 1020. The molecule has 1 amide bonds. The van der Waals surface area contributed by atoms with Crippen LogP contribution in [0.15, 0.2) is 60.7 Å². The molecule has 1 atom stereocenters. The van der Waals surface area contributed by atoms with Gasteiger partial charge in [0.15, 0.2) is 5.82 Å². The van der Waals surface area contributed by atoms with E-state index in [1.54, 1.807) is 0 Å². The van der Waals surface area contributed by atoms with Gasteiger partial charge in [-0.3, -0.25) is 4.79 Å². The Kier molecular flexibility index (Phi) is 6.29. The molecule has 0 spiro atoms. The fourth-order valence-electron chi connectivity index (χ4n) is 3.82. The van der Waals surface area contributed by atoms with Crippen molar-refractivity contribution >= 4 is 23.3 Å². The number of carbonyl (C=O) groups is 1. The van der Waals surface area contributed by atoms with Gasteiger partial charge in [0.05, 0.1) is 11.6 Å². The summed E-state index contributed by atoms with van der Waals surface area (Å²) in [5.74, 6) is 0.804. The highest BCUT2D eigenvalue weighted by Gasteiger charge is 2.26. The van der Waals surface area contributed by atoms with Crippen LogP contribution < -0.4 is 10.2 Å². The van der Waals surface area contributed by atoms with Gasteiger partial charge >= 0.3 is 0 Å². The number of aromatic nitrogens is 2. The molecule has 0 aliphatic carbocycles. The van der Waals surface area contributed by atoms with Crippen molar-refractivity contribution < 1.29 is 4.79 Å². The van der Waals surface area contributed by atoms with Gasteiger partial charge in [-0.15, -0.1) is 10.2 Å². The van der Waals surface area contributed by atoms with Crippen LogP contribution in [0.2, 0.25) is 5.02 Å². The molecule has 1 aliphatic heterocycles. The Balaban J connectivity index is 1.38. The minimum Gasteiger partial charge on any atom is -0.354 e. The van der Waals surface area contributed by atoms with Crippen LogP contribution in [0.1, 0.15) is 24.0 Å². The first kappa shape index (κ1) is 20.4. The van der Waals surface area contributed by atoms with Gasteiger partial charge in [0.1, 0.15) is 0 Å². The molecule has 6 heteroatoms. The van der Waals surface area contributed by atoms with Crippen LogP contribution in [0.4, 0.5) is 5.82 Å². The highest BCUT2D eigenvalue weighted by molar-refractivity contribution is 6.31. The number of hydrogen-bond donors (Lipinski definition) is 1. The van der Waals surface area contributed by atoms with Gasteiger partial charge < -0.3 is 10.2 Å². The first-order chi connectivity index (χ1) is 14.6. The summed E-state index contributed by atoms with van der Waals surface area (Å²) in [7, 11) is 0. The number of aryl methyl sites for hydroxylation is 1. The van der Waals surface area contributed by atoms with Crippen LogP contribution in [-0.2, 0) is 11.3 Å². The zero-order valence-electron chi connectivity index (χ0n) is 17.0. The first-order valence-electron chi connectivity index (χ1n) is 10.3. The van der Waals surface area contributed by atoms with Crippen molar-refractivity contribution in [2.24, 2.45) is 5.92 Å². The number of amides is 1. The molecule has 0 saturated carbocycles. The number of anilines is 1. The lowest BCUT2D eigenvalue weighted by atomic mass is 9.97. The Morgan fingerprint density at radius 1 is 1.13 bits per heavy atom. The number of piperidine rings is 1. The predicted octanol–water partition coefficient (Wildman–Crippen LogP) is 4.64. The fourth-order valence-corrected chi connectivity index (χ4v) is 4.02. The Labute approximate surface area is 182 Å². The normalized spacial score (nSPS) is 16.3. The second-order valence-electron chi connectivity index (χ2n) is 7.74. The molecule has 5 nitrogen and oxygen atoms in total. The lowest BCUT2D eigenvalue weighted by Crippen LogP contribution is -2.43. The van der Waals surface area contributed by atoms with Crippen molar-refractivity contribution in [1.29, 1.82) is 0 Å². The van der Waals surface area contributed by atoms with Crippen molar-refractivity contribution in [2.45, 2.75) is 26.3 Å². The van der Waals surface area contributed by atoms with Crippen molar-refractivity contribution in [3.63, 3.8) is 0 Å². The molecule has 1 unspecified atom stereocenters. The van der Waals surface area contributed by atoms with Crippen molar-refractivity contribution in [3.8, 4) is 11.3 Å². The Morgan fingerprint density at radius 3 is 2.77 bits per heavy atom. The van der Waals surface area contributed by atoms with Crippen molar-refractivity contribution in [2.75, 3.05) is 18.0 Å². The quantitative estimate of drug-likeness (QED) is 0.653. The van der Waals surface area contributed by atoms with E-state index < -0.39 is 0 Å². The number of benzene rings is 2. The maximum atomic E-state index is 12.7. The zero-order chi connectivity index (χ0) is 20.9. The molecule has 154 valence electrons. The largest absolute Gasteiger partial charge is 0.354 e. The molecule has 0 bridgehead atoms. The SMILES string of the molecule is Cc1cccc(-c2ccc(N3CCCC(C(=O)NCc4ccccc4Cl)C3)nn2)c1. The molecular formula is C24H25ClN4O. The number of carbonyl (C=O) groups excluding carboxylic acids is 1. The van der Waals surface area contributed by atoms with Gasteiger partial charge in [-0.05, 0) is 49.6 Å². The average molecular weight is 421 g/mol. The summed E-state index contributed by atoms with van der Waals surface area (Å²) in [6.45, 7) is 4.04. The molecule has 2 aromatic carbocycles. The number of rotatable bonds is 5. The van der Waals surface area contributed by atoms with E-state index in [2.05, 4.69) is 39.5 Å². The zero-order valence-corrected chi connectivity index (χ0v) is 17.8. The average Bonchev–Trinajstić information content (AvgIpc) is 2.78. The topological polar surface area (TPSA) is 58.1 Å².